The van der Waals surface area contributed by atoms with Gasteiger partial charge in [-0.25, -0.2) is 0 Å². The van der Waals surface area contributed by atoms with E-state index in [-0.39, 0.29) is 5.84 Å². The van der Waals surface area contributed by atoms with Crippen LogP contribution in [0, 0.1) is 6.92 Å². The molecule has 5 heteroatoms. The zero-order chi connectivity index (χ0) is 13.8. The standard InChI is InChI=1S/C14H13ClN2OS/c1-9-2-7-13(12(8-9)14(16)17-18)19-11-5-3-10(15)4-6-11/h2-8,18H,1H3,(H2,16,17). The fourth-order valence-electron chi connectivity index (χ4n) is 1.62. The van der Waals surface area contributed by atoms with E-state index in [1.807, 2.05) is 49.4 Å². The predicted molar refractivity (Wildman–Crippen MR) is 79.3 cm³/mol. The fourth-order valence-corrected chi connectivity index (χ4v) is 2.68. The maximum atomic E-state index is 8.84. The van der Waals surface area contributed by atoms with Gasteiger partial charge < -0.3 is 10.9 Å². The molecule has 19 heavy (non-hydrogen) atoms. The summed E-state index contributed by atoms with van der Waals surface area (Å²) in [6.07, 6.45) is 0. The molecular weight excluding hydrogens is 280 g/mol. The van der Waals surface area contributed by atoms with Crippen LogP contribution in [-0.2, 0) is 0 Å². The molecule has 0 fully saturated rings. The number of nitrogens with two attached hydrogens (primary N) is 1. The molecule has 0 unspecified atom stereocenters. The third-order valence-electron chi connectivity index (χ3n) is 2.56. The minimum Gasteiger partial charge on any atom is -0.409 e. The largest absolute Gasteiger partial charge is 0.409 e. The second kappa shape index (κ2) is 5.99. The van der Waals surface area contributed by atoms with E-state index in [0.717, 1.165) is 20.9 Å². The Bertz CT molecular complexity index is 611. The highest BCUT2D eigenvalue weighted by Crippen LogP contribution is 2.31. The summed E-state index contributed by atoms with van der Waals surface area (Å²) in [6, 6.07) is 13.4. The van der Waals surface area contributed by atoms with E-state index in [9.17, 15) is 0 Å². The summed E-state index contributed by atoms with van der Waals surface area (Å²) in [4.78, 5) is 1.98. The highest BCUT2D eigenvalue weighted by Gasteiger charge is 2.09. The first-order chi connectivity index (χ1) is 9.10. The van der Waals surface area contributed by atoms with Gasteiger partial charge in [-0.2, -0.15) is 0 Å². The van der Waals surface area contributed by atoms with Crippen molar-refractivity contribution in [3.05, 3.63) is 58.6 Å². The molecule has 0 radical (unpaired) electrons. The summed E-state index contributed by atoms with van der Waals surface area (Å²) in [7, 11) is 0. The summed E-state index contributed by atoms with van der Waals surface area (Å²) in [5, 5.41) is 12.6. The smallest absolute Gasteiger partial charge is 0.171 e. The van der Waals surface area contributed by atoms with Crippen LogP contribution in [-0.4, -0.2) is 11.0 Å². The van der Waals surface area contributed by atoms with Gasteiger partial charge in [0.1, 0.15) is 0 Å². The Morgan fingerprint density at radius 2 is 1.89 bits per heavy atom. The third-order valence-corrected chi connectivity index (χ3v) is 3.90. The van der Waals surface area contributed by atoms with Gasteiger partial charge in [0.05, 0.1) is 0 Å². The Balaban J connectivity index is 2.37. The van der Waals surface area contributed by atoms with Gasteiger partial charge in [-0.15, -0.1) is 0 Å². The van der Waals surface area contributed by atoms with E-state index >= 15 is 0 Å². The molecule has 2 aromatic rings. The van der Waals surface area contributed by atoms with Gasteiger partial charge in [0.25, 0.3) is 0 Å². The minimum atomic E-state index is 0.111. The summed E-state index contributed by atoms with van der Waals surface area (Å²) in [5.41, 5.74) is 7.49. The van der Waals surface area contributed by atoms with Crippen molar-refractivity contribution in [1.82, 2.24) is 0 Å². The van der Waals surface area contributed by atoms with Gasteiger partial charge in [-0.1, -0.05) is 40.1 Å². The lowest BCUT2D eigenvalue weighted by Gasteiger charge is -2.09. The number of benzene rings is 2. The number of hydrogen-bond donors (Lipinski definition) is 2. The molecule has 0 atom stereocenters. The van der Waals surface area contributed by atoms with Crippen molar-refractivity contribution in [3.8, 4) is 0 Å². The zero-order valence-corrected chi connectivity index (χ0v) is 11.9. The SMILES string of the molecule is Cc1ccc(Sc2ccc(Cl)cc2)c(/C(N)=N/O)c1. The van der Waals surface area contributed by atoms with Gasteiger partial charge in [0, 0.05) is 20.4 Å². The van der Waals surface area contributed by atoms with Crippen molar-refractivity contribution < 1.29 is 5.21 Å². The average molecular weight is 293 g/mol. The summed E-state index contributed by atoms with van der Waals surface area (Å²) in [5.74, 6) is 0.111. The highest BCUT2D eigenvalue weighted by molar-refractivity contribution is 7.99. The Morgan fingerprint density at radius 1 is 1.21 bits per heavy atom. The molecule has 0 aliphatic carbocycles. The number of rotatable bonds is 3. The van der Waals surface area contributed by atoms with E-state index in [0.29, 0.717) is 5.02 Å². The first-order valence-corrected chi connectivity index (χ1v) is 6.81. The second-order valence-electron chi connectivity index (χ2n) is 4.04. The number of nitrogens with zero attached hydrogens (tertiary/aromatic N) is 1. The quantitative estimate of drug-likeness (QED) is 0.390. The lowest BCUT2D eigenvalue weighted by atomic mass is 10.1. The van der Waals surface area contributed by atoms with Crippen molar-refractivity contribution in [2.75, 3.05) is 0 Å². The molecular formula is C14H13ClN2OS. The highest BCUT2D eigenvalue weighted by atomic mass is 35.5. The van der Waals surface area contributed by atoms with Crippen LogP contribution in [0.2, 0.25) is 5.02 Å². The molecule has 2 rings (SSSR count). The molecule has 3 N–H and O–H groups in total. The molecule has 0 amide bonds. The van der Waals surface area contributed by atoms with Crippen molar-refractivity contribution in [2.45, 2.75) is 16.7 Å². The van der Waals surface area contributed by atoms with Gasteiger partial charge in [-0.05, 0) is 43.3 Å². The van der Waals surface area contributed by atoms with Crippen molar-refractivity contribution in [2.24, 2.45) is 10.9 Å². The minimum absolute atomic E-state index is 0.111. The molecule has 0 saturated carbocycles. The second-order valence-corrected chi connectivity index (χ2v) is 5.59. The Morgan fingerprint density at radius 3 is 2.53 bits per heavy atom. The number of oxime groups is 1. The molecule has 3 nitrogen and oxygen atoms in total. The van der Waals surface area contributed by atoms with Crippen LogP contribution in [0.15, 0.2) is 57.4 Å². The van der Waals surface area contributed by atoms with Crippen LogP contribution in [0.5, 0.6) is 0 Å². The van der Waals surface area contributed by atoms with Crippen LogP contribution in [0.25, 0.3) is 0 Å². The molecule has 0 spiro atoms. The van der Waals surface area contributed by atoms with Crippen LogP contribution in [0.4, 0.5) is 0 Å². The molecule has 0 aliphatic rings. The molecule has 2 aromatic carbocycles. The van der Waals surface area contributed by atoms with E-state index in [4.69, 9.17) is 22.5 Å². The number of hydrogen-bond acceptors (Lipinski definition) is 3. The molecule has 0 saturated heterocycles. The van der Waals surface area contributed by atoms with Crippen LogP contribution >= 0.6 is 23.4 Å². The van der Waals surface area contributed by atoms with Crippen molar-refractivity contribution in [1.29, 1.82) is 0 Å². The summed E-state index contributed by atoms with van der Waals surface area (Å²) < 4.78 is 0. The monoisotopic (exact) mass is 292 g/mol. The normalized spacial score (nSPS) is 11.6. The molecule has 0 heterocycles. The van der Waals surface area contributed by atoms with Gasteiger partial charge in [0.15, 0.2) is 5.84 Å². The predicted octanol–water partition coefficient (Wildman–Crippen LogP) is 3.89. The Hall–Kier alpha value is -1.65. The van der Waals surface area contributed by atoms with Gasteiger partial charge >= 0.3 is 0 Å². The Labute approximate surface area is 121 Å². The van der Waals surface area contributed by atoms with Crippen LogP contribution in [0.1, 0.15) is 11.1 Å². The van der Waals surface area contributed by atoms with Crippen LogP contribution < -0.4 is 5.73 Å². The van der Waals surface area contributed by atoms with Gasteiger partial charge in [0.2, 0.25) is 0 Å². The molecule has 0 aromatic heterocycles. The number of amidine groups is 1. The topological polar surface area (TPSA) is 58.6 Å². The zero-order valence-electron chi connectivity index (χ0n) is 10.3. The molecule has 0 aliphatic heterocycles. The van der Waals surface area contributed by atoms with Crippen molar-refractivity contribution >= 4 is 29.2 Å². The lowest BCUT2D eigenvalue weighted by Crippen LogP contribution is -2.14. The number of halogens is 1. The summed E-state index contributed by atoms with van der Waals surface area (Å²) >= 11 is 7.40. The van der Waals surface area contributed by atoms with Gasteiger partial charge in [-0.3, -0.25) is 0 Å². The summed E-state index contributed by atoms with van der Waals surface area (Å²) in [6.45, 7) is 1.96. The van der Waals surface area contributed by atoms with E-state index in [1.165, 1.54) is 0 Å². The first kappa shape index (κ1) is 13.8. The molecule has 0 bridgehead atoms. The lowest BCUT2D eigenvalue weighted by molar-refractivity contribution is 0.318. The number of aryl methyl sites for hydroxylation is 1. The van der Waals surface area contributed by atoms with E-state index < -0.39 is 0 Å². The third kappa shape index (κ3) is 3.43. The average Bonchev–Trinajstić information content (AvgIpc) is 2.42. The first-order valence-electron chi connectivity index (χ1n) is 5.62. The Kier molecular flexibility index (Phi) is 4.35. The maximum absolute atomic E-state index is 8.84. The van der Waals surface area contributed by atoms with Crippen molar-refractivity contribution in [3.63, 3.8) is 0 Å². The fraction of sp³-hybridized carbons (Fsp3) is 0.0714. The van der Waals surface area contributed by atoms with E-state index in [1.54, 1.807) is 11.8 Å². The molecule has 98 valence electrons. The van der Waals surface area contributed by atoms with Crippen LogP contribution in [0.3, 0.4) is 0 Å². The maximum Gasteiger partial charge on any atom is 0.171 e. The van der Waals surface area contributed by atoms with E-state index in [2.05, 4.69) is 5.16 Å².